The van der Waals surface area contributed by atoms with E-state index in [-0.39, 0.29) is 6.04 Å². The molecular formula is C14H14N4S. The summed E-state index contributed by atoms with van der Waals surface area (Å²) >= 11 is 1.70. The van der Waals surface area contributed by atoms with Gasteiger partial charge in [0.15, 0.2) is 0 Å². The van der Waals surface area contributed by atoms with E-state index in [1.165, 1.54) is 4.88 Å². The van der Waals surface area contributed by atoms with Crippen LogP contribution in [0.5, 0.6) is 0 Å². The molecule has 0 spiro atoms. The summed E-state index contributed by atoms with van der Waals surface area (Å²) in [5, 5.41) is 8.12. The van der Waals surface area contributed by atoms with Gasteiger partial charge in [-0.2, -0.15) is 0 Å². The second kappa shape index (κ2) is 4.95. The van der Waals surface area contributed by atoms with Gasteiger partial charge in [0.05, 0.1) is 23.6 Å². The Morgan fingerprint density at radius 2 is 1.95 bits per heavy atom. The summed E-state index contributed by atoms with van der Waals surface area (Å²) in [5.74, 6) is 0. The van der Waals surface area contributed by atoms with Crippen molar-refractivity contribution in [3.63, 3.8) is 0 Å². The van der Waals surface area contributed by atoms with Crippen LogP contribution in [0.25, 0.3) is 5.69 Å². The molecule has 96 valence electrons. The van der Waals surface area contributed by atoms with Gasteiger partial charge in [0.2, 0.25) is 0 Å². The van der Waals surface area contributed by atoms with Gasteiger partial charge in [-0.05, 0) is 31.2 Å². The SMILES string of the molecule is Cc1ccc(C(N)c2cnnn2-c2ccccc2)s1. The topological polar surface area (TPSA) is 56.7 Å². The van der Waals surface area contributed by atoms with Crippen LogP contribution in [-0.2, 0) is 0 Å². The smallest absolute Gasteiger partial charge is 0.0866 e. The normalized spacial score (nSPS) is 12.5. The third-order valence-electron chi connectivity index (χ3n) is 2.96. The predicted octanol–water partition coefficient (Wildman–Crippen LogP) is 2.69. The van der Waals surface area contributed by atoms with Crippen molar-refractivity contribution in [3.8, 4) is 5.69 Å². The summed E-state index contributed by atoms with van der Waals surface area (Å²) in [6.45, 7) is 2.08. The van der Waals surface area contributed by atoms with Gasteiger partial charge in [-0.25, -0.2) is 4.68 Å². The molecule has 0 amide bonds. The van der Waals surface area contributed by atoms with E-state index in [1.54, 1.807) is 22.2 Å². The van der Waals surface area contributed by atoms with Gasteiger partial charge in [-0.3, -0.25) is 0 Å². The van der Waals surface area contributed by atoms with Crippen molar-refractivity contribution in [2.24, 2.45) is 5.73 Å². The lowest BCUT2D eigenvalue weighted by Crippen LogP contribution is -2.15. The molecule has 3 rings (SSSR count). The Bertz CT molecular complexity index is 672. The Hall–Kier alpha value is -1.98. The molecule has 0 bridgehead atoms. The van der Waals surface area contributed by atoms with Crippen LogP contribution < -0.4 is 5.73 Å². The maximum Gasteiger partial charge on any atom is 0.0866 e. The van der Waals surface area contributed by atoms with E-state index in [2.05, 4.69) is 29.4 Å². The summed E-state index contributed by atoms with van der Waals surface area (Å²) in [5.41, 5.74) is 8.19. The van der Waals surface area contributed by atoms with Gasteiger partial charge in [0.1, 0.15) is 0 Å². The number of nitrogens with two attached hydrogens (primary N) is 1. The van der Waals surface area contributed by atoms with Crippen LogP contribution in [0.15, 0.2) is 48.7 Å². The van der Waals surface area contributed by atoms with Crippen LogP contribution >= 0.6 is 11.3 Å². The molecule has 19 heavy (non-hydrogen) atoms. The Morgan fingerprint density at radius 3 is 2.63 bits per heavy atom. The van der Waals surface area contributed by atoms with E-state index in [1.807, 2.05) is 30.3 Å². The number of aryl methyl sites for hydroxylation is 1. The second-order valence-electron chi connectivity index (χ2n) is 4.33. The molecule has 3 aromatic rings. The molecule has 0 aliphatic heterocycles. The molecule has 0 aliphatic rings. The largest absolute Gasteiger partial charge is 0.318 e. The van der Waals surface area contributed by atoms with Crippen LogP contribution in [0.3, 0.4) is 0 Å². The molecule has 1 aromatic carbocycles. The fraction of sp³-hybridized carbons (Fsp3) is 0.143. The lowest BCUT2D eigenvalue weighted by Gasteiger charge is -2.11. The highest BCUT2D eigenvalue weighted by Gasteiger charge is 2.17. The minimum atomic E-state index is -0.200. The van der Waals surface area contributed by atoms with Gasteiger partial charge in [0.25, 0.3) is 0 Å². The van der Waals surface area contributed by atoms with Gasteiger partial charge in [-0.1, -0.05) is 23.4 Å². The van der Waals surface area contributed by atoms with Gasteiger partial charge in [-0.15, -0.1) is 16.4 Å². The molecule has 1 unspecified atom stereocenters. The van der Waals surface area contributed by atoms with Crippen LogP contribution in [0.4, 0.5) is 0 Å². The first kappa shape index (κ1) is 12.1. The third kappa shape index (κ3) is 2.30. The van der Waals surface area contributed by atoms with E-state index in [9.17, 15) is 0 Å². The fourth-order valence-corrected chi connectivity index (χ4v) is 2.88. The quantitative estimate of drug-likeness (QED) is 0.796. The van der Waals surface area contributed by atoms with Crippen LogP contribution in [0, 0.1) is 6.92 Å². The first-order valence-corrected chi connectivity index (χ1v) is 6.85. The molecule has 0 aliphatic carbocycles. The predicted molar refractivity (Wildman–Crippen MR) is 76.4 cm³/mol. The number of aromatic nitrogens is 3. The van der Waals surface area contributed by atoms with Gasteiger partial charge < -0.3 is 5.73 Å². The molecule has 2 N–H and O–H groups in total. The van der Waals surface area contributed by atoms with Crippen molar-refractivity contribution in [3.05, 3.63) is 64.1 Å². The molecule has 2 heterocycles. The summed E-state index contributed by atoms with van der Waals surface area (Å²) in [6, 6.07) is 13.8. The zero-order valence-electron chi connectivity index (χ0n) is 10.5. The maximum absolute atomic E-state index is 6.32. The van der Waals surface area contributed by atoms with Crippen LogP contribution in [0.2, 0.25) is 0 Å². The first-order chi connectivity index (χ1) is 9.25. The lowest BCUT2D eigenvalue weighted by molar-refractivity contribution is 0.726. The van der Waals surface area contributed by atoms with Crippen molar-refractivity contribution in [2.75, 3.05) is 0 Å². The molecular weight excluding hydrogens is 256 g/mol. The third-order valence-corrected chi connectivity index (χ3v) is 4.05. The summed E-state index contributed by atoms with van der Waals surface area (Å²) in [7, 11) is 0. The number of thiophene rings is 1. The molecule has 0 saturated carbocycles. The first-order valence-electron chi connectivity index (χ1n) is 6.03. The number of para-hydroxylation sites is 1. The van der Waals surface area contributed by atoms with E-state index in [0.29, 0.717) is 0 Å². The fourth-order valence-electron chi connectivity index (χ4n) is 1.99. The zero-order chi connectivity index (χ0) is 13.2. The minimum absolute atomic E-state index is 0.200. The van der Waals surface area contributed by atoms with Gasteiger partial charge >= 0.3 is 0 Å². The van der Waals surface area contributed by atoms with Crippen molar-refractivity contribution in [1.29, 1.82) is 0 Å². The summed E-state index contributed by atoms with van der Waals surface area (Å²) in [4.78, 5) is 2.38. The van der Waals surface area contributed by atoms with E-state index >= 15 is 0 Å². The molecule has 1 atom stereocenters. The van der Waals surface area contributed by atoms with E-state index < -0.39 is 0 Å². The average Bonchev–Trinajstić information content (AvgIpc) is 3.07. The van der Waals surface area contributed by atoms with Crippen LogP contribution in [-0.4, -0.2) is 15.0 Å². The second-order valence-corrected chi connectivity index (χ2v) is 5.65. The zero-order valence-corrected chi connectivity index (χ0v) is 11.3. The Kier molecular flexibility index (Phi) is 3.15. The number of hydrogen-bond acceptors (Lipinski definition) is 4. The lowest BCUT2D eigenvalue weighted by atomic mass is 10.2. The number of rotatable bonds is 3. The number of nitrogens with zero attached hydrogens (tertiary/aromatic N) is 3. The average molecular weight is 270 g/mol. The molecule has 4 nitrogen and oxygen atoms in total. The highest BCUT2D eigenvalue weighted by Crippen LogP contribution is 2.26. The molecule has 2 aromatic heterocycles. The van der Waals surface area contributed by atoms with E-state index in [4.69, 9.17) is 5.73 Å². The minimum Gasteiger partial charge on any atom is -0.318 e. The van der Waals surface area contributed by atoms with Crippen molar-refractivity contribution in [1.82, 2.24) is 15.0 Å². The Balaban J connectivity index is 2.01. The van der Waals surface area contributed by atoms with Crippen molar-refractivity contribution in [2.45, 2.75) is 13.0 Å². The Labute approximate surface area is 115 Å². The highest BCUT2D eigenvalue weighted by molar-refractivity contribution is 7.12. The summed E-state index contributed by atoms with van der Waals surface area (Å²) in [6.07, 6.45) is 1.73. The molecule has 0 saturated heterocycles. The van der Waals surface area contributed by atoms with Crippen molar-refractivity contribution >= 4 is 11.3 Å². The van der Waals surface area contributed by atoms with Gasteiger partial charge in [0, 0.05) is 9.75 Å². The highest BCUT2D eigenvalue weighted by atomic mass is 32.1. The Morgan fingerprint density at radius 1 is 1.16 bits per heavy atom. The standard InChI is InChI=1S/C14H14N4S/c1-10-7-8-13(19-10)14(15)12-9-16-17-18(12)11-5-3-2-4-6-11/h2-9,14H,15H2,1H3. The van der Waals surface area contributed by atoms with E-state index in [0.717, 1.165) is 16.3 Å². The van der Waals surface area contributed by atoms with Crippen LogP contribution in [0.1, 0.15) is 21.5 Å². The maximum atomic E-state index is 6.32. The number of benzene rings is 1. The number of hydrogen-bond donors (Lipinski definition) is 1. The summed E-state index contributed by atoms with van der Waals surface area (Å²) < 4.78 is 1.79. The molecule has 0 fully saturated rings. The molecule has 0 radical (unpaired) electrons. The monoisotopic (exact) mass is 270 g/mol. The van der Waals surface area contributed by atoms with Crippen molar-refractivity contribution < 1.29 is 0 Å². The molecule has 5 heteroatoms.